The summed E-state index contributed by atoms with van der Waals surface area (Å²) in [5.74, 6) is 0. The Morgan fingerprint density at radius 2 is 0.821 bits per heavy atom. The Kier molecular flexibility index (Phi) is 8.94. The fourth-order valence-electron chi connectivity index (χ4n) is 4.48. The van der Waals surface area contributed by atoms with Gasteiger partial charge in [-0.05, 0) is 22.6 Å². The standard InChI is InChI=1S/C25H39P2Si/c1-18(2)26(19(3)4)22-14-10-12-16-24(22)28(9)25-17-13-11-15-23(25)27(20(5)6)21(7)8/h10-21H,1-9H3/q-1. The van der Waals surface area contributed by atoms with Crippen molar-refractivity contribution < 1.29 is 0 Å². The second-order valence-corrected chi connectivity index (χ2v) is 17.9. The normalized spacial score (nSPS) is 12.2. The SMILES string of the molecule is CC(C)P(c1ccccc1[Si-](C)c1ccccc1P(C(C)C)C(C)C)C(C)C. The van der Waals surface area contributed by atoms with Crippen LogP contribution >= 0.6 is 15.8 Å². The van der Waals surface area contributed by atoms with Crippen LogP contribution < -0.4 is 21.0 Å². The van der Waals surface area contributed by atoms with Gasteiger partial charge >= 0.3 is 0 Å². The van der Waals surface area contributed by atoms with Gasteiger partial charge in [-0.15, -0.1) is 0 Å². The van der Waals surface area contributed by atoms with Crippen LogP contribution in [0.3, 0.4) is 0 Å². The molecule has 0 amide bonds. The van der Waals surface area contributed by atoms with Crippen molar-refractivity contribution in [1.82, 2.24) is 0 Å². The van der Waals surface area contributed by atoms with E-state index in [1.807, 2.05) is 0 Å². The van der Waals surface area contributed by atoms with Crippen LogP contribution in [-0.2, 0) is 0 Å². The van der Waals surface area contributed by atoms with Gasteiger partial charge in [-0.3, -0.25) is 8.80 Å². The molecule has 0 spiro atoms. The Morgan fingerprint density at radius 3 is 1.11 bits per heavy atom. The van der Waals surface area contributed by atoms with Crippen molar-refractivity contribution in [2.45, 2.75) is 84.6 Å². The molecule has 0 aliphatic carbocycles. The molecule has 2 aromatic rings. The Labute approximate surface area is 178 Å². The Balaban J connectivity index is 2.59. The first-order valence-electron chi connectivity index (χ1n) is 10.8. The molecule has 3 heteroatoms. The summed E-state index contributed by atoms with van der Waals surface area (Å²) < 4.78 is 0. The van der Waals surface area contributed by atoms with E-state index in [9.17, 15) is 0 Å². The third-order valence-electron chi connectivity index (χ3n) is 5.40. The van der Waals surface area contributed by atoms with E-state index in [1.54, 1.807) is 21.0 Å². The van der Waals surface area contributed by atoms with Crippen molar-refractivity contribution in [2.75, 3.05) is 0 Å². The molecule has 28 heavy (non-hydrogen) atoms. The minimum Gasteiger partial charge on any atom is -0.253 e. The molecule has 2 aromatic carbocycles. The third kappa shape index (κ3) is 5.36. The molecular weight excluding hydrogens is 390 g/mol. The number of rotatable bonds is 8. The summed E-state index contributed by atoms with van der Waals surface area (Å²) >= 11 is 0. The van der Waals surface area contributed by atoms with Crippen LogP contribution in [0, 0.1) is 0 Å². The van der Waals surface area contributed by atoms with Crippen molar-refractivity contribution in [2.24, 2.45) is 0 Å². The van der Waals surface area contributed by atoms with Gasteiger partial charge in [0.2, 0.25) is 0 Å². The summed E-state index contributed by atoms with van der Waals surface area (Å²) in [6.45, 7) is 21.8. The lowest BCUT2D eigenvalue weighted by atomic mass is 10.3. The number of hydrogen-bond donors (Lipinski definition) is 0. The summed E-state index contributed by atoms with van der Waals surface area (Å²) in [5.41, 5.74) is 2.91. The van der Waals surface area contributed by atoms with E-state index in [4.69, 9.17) is 0 Å². The van der Waals surface area contributed by atoms with Crippen LogP contribution in [0.1, 0.15) is 55.4 Å². The van der Waals surface area contributed by atoms with Gasteiger partial charge < -0.3 is 0 Å². The van der Waals surface area contributed by atoms with Crippen LogP contribution in [0.5, 0.6) is 0 Å². The molecule has 0 aliphatic rings. The van der Waals surface area contributed by atoms with E-state index >= 15 is 0 Å². The molecular formula is C25H39P2Si-. The first-order chi connectivity index (χ1) is 13.2. The lowest BCUT2D eigenvalue weighted by Gasteiger charge is -2.39. The zero-order valence-electron chi connectivity index (χ0n) is 19.3. The summed E-state index contributed by atoms with van der Waals surface area (Å²) in [6.07, 6.45) is 0. The van der Waals surface area contributed by atoms with Crippen molar-refractivity contribution in [1.29, 1.82) is 0 Å². The van der Waals surface area contributed by atoms with E-state index in [1.165, 1.54) is 0 Å². The maximum atomic E-state index is 2.53. The van der Waals surface area contributed by atoms with E-state index < -0.39 is 8.80 Å². The second-order valence-electron chi connectivity index (χ2n) is 8.85. The molecule has 0 radical (unpaired) electrons. The molecule has 154 valence electrons. The van der Waals surface area contributed by atoms with Crippen LogP contribution in [0.2, 0.25) is 6.55 Å². The molecule has 0 aliphatic heterocycles. The highest BCUT2D eigenvalue weighted by Gasteiger charge is 2.23. The Hall–Kier alpha value is -0.483. The molecule has 0 saturated carbocycles. The van der Waals surface area contributed by atoms with Crippen molar-refractivity contribution in [3.05, 3.63) is 48.5 Å². The highest BCUT2D eigenvalue weighted by molar-refractivity contribution is 7.68. The topological polar surface area (TPSA) is 0 Å². The van der Waals surface area contributed by atoms with Gasteiger partial charge in [0.05, 0.1) is 0 Å². The molecule has 0 bridgehead atoms. The average Bonchev–Trinajstić information content (AvgIpc) is 2.61. The summed E-state index contributed by atoms with van der Waals surface area (Å²) in [4.78, 5) is 0. The van der Waals surface area contributed by atoms with Crippen LogP contribution in [0.15, 0.2) is 48.5 Å². The first kappa shape index (κ1) is 23.8. The highest BCUT2D eigenvalue weighted by atomic mass is 31.1. The van der Waals surface area contributed by atoms with Gasteiger partial charge in [0.15, 0.2) is 0 Å². The summed E-state index contributed by atoms with van der Waals surface area (Å²) in [6, 6.07) is 18.8. The minimum atomic E-state index is -0.793. The highest BCUT2D eigenvalue weighted by Crippen LogP contribution is 2.45. The molecule has 0 aromatic heterocycles. The smallest absolute Gasteiger partial charge is 0.0224 e. The summed E-state index contributed by atoms with van der Waals surface area (Å²) in [5, 5.41) is 6.62. The van der Waals surface area contributed by atoms with Gasteiger partial charge in [0.1, 0.15) is 0 Å². The Morgan fingerprint density at radius 1 is 0.536 bits per heavy atom. The first-order valence-corrected chi connectivity index (χ1v) is 15.7. The molecule has 0 fully saturated rings. The Bertz CT molecular complexity index is 672. The van der Waals surface area contributed by atoms with Gasteiger partial charge in [-0.25, -0.2) is 0 Å². The van der Waals surface area contributed by atoms with Gasteiger partial charge in [-0.2, -0.15) is 16.9 Å². The molecule has 0 nitrogen and oxygen atoms in total. The second kappa shape index (κ2) is 10.5. The van der Waals surface area contributed by atoms with Gasteiger partial charge in [0, 0.05) is 0 Å². The maximum Gasteiger partial charge on any atom is -0.0224 e. The number of benzene rings is 2. The zero-order valence-corrected chi connectivity index (χ0v) is 22.1. The lowest BCUT2D eigenvalue weighted by molar-refractivity contribution is 1.02. The average molecular weight is 430 g/mol. The van der Waals surface area contributed by atoms with E-state index in [0.29, 0.717) is 0 Å². The summed E-state index contributed by atoms with van der Waals surface area (Å²) in [7, 11) is -1.07. The molecule has 2 rings (SSSR count). The molecule has 0 heterocycles. The molecule has 0 saturated heterocycles. The molecule has 0 unspecified atom stereocenters. The predicted octanol–water partition coefficient (Wildman–Crippen LogP) is 5.77. The van der Waals surface area contributed by atoms with Gasteiger partial charge in [-0.1, -0.05) is 130 Å². The van der Waals surface area contributed by atoms with Crippen LogP contribution in [0.25, 0.3) is 0 Å². The monoisotopic (exact) mass is 429 g/mol. The largest absolute Gasteiger partial charge is 0.253 e. The van der Waals surface area contributed by atoms with Crippen LogP contribution in [-0.4, -0.2) is 31.4 Å². The van der Waals surface area contributed by atoms with E-state index in [-0.39, 0.29) is 15.8 Å². The quantitative estimate of drug-likeness (QED) is 0.369. The lowest BCUT2D eigenvalue weighted by Crippen LogP contribution is -2.51. The van der Waals surface area contributed by atoms with E-state index in [0.717, 1.165) is 22.6 Å². The maximum absolute atomic E-state index is 2.53. The van der Waals surface area contributed by atoms with E-state index in [2.05, 4.69) is 110 Å². The third-order valence-corrected chi connectivity index (χ3v) is 14.7. The minimum absolute atomic E-state index is 0.136. The molecule has 0 atom stereocenters. The number of hydrogen-bond acceptors (Lipinski definition) is 0. The van der Waals surface area contributed by atoms with Gasteiger partial charge in [0.25, 0.3) is 0 Å². The van der Waals surface area contributed by atoms with Crippen molar-refractivity contribution >= 4 is 45.6 Å². The fraction of sp³-hybridized carbons (Fsp3) is 0.520. The molecule has 0 N–H and O–H groups in total. The predicted molar refractivity (Wildman–Crippen MR) is 137 cm³/mol. The fourth-order valence-corrected chi connectivity index (χ4v) is 14.0. The van der Waals surface area contributed by atoms with Crippen molar-refractivity contribution in [3.63, 3.8) is 0 Å². The zero-order chi connectivity index (χ0) is 21.0. The van der Waals surface area contributed by atoms with Crippen molar-refractivity contribution in [3.8, 4) is 0 Å². The van der Waals surface area contributed by atoms with Crippen LogP contribution in [0.4, 0.5) is 0 Å².